The molecule has 1 aromatic carbocycles. The number of benzene rings is 1. The van der Waals surface area contributed by atoms with Gasteiger partial charge in [-0.2, -0.15) is 0 Å². The largest absolute Gasteiger partial charge is 0.504 e. The SMILES string of the molecule is CCCCC1[OH+][C-](CCc2ccc(O)c(OC[C@H](O)C3=C[C+]4C(=N3)CC3(CCCC3)[C@@H]3CCC[C@@H]3[C@@H]4[C@H](CNC)NC[C@H](C)O)c2)C=C1CO. The van der Waals surface area contributed by atoms with Crippen LogP contribution in [0.25, 0.3) is 0 Å². The molecule has 3 fully saturated rings. The lowest BCUT2D eigenvalue weighted by atomic mass is 9.65. The predicted molar refractivity (Wildman–Crippen MR) is 198 cm³/mol. The van der Waals surface area contributed by atoms with Crippen molar-refractivity contribution in [1.82, 2.24) is 10.6 Å². The van der Waals surface area contributed by atoms with Crippen molar-refractivity contribution in [1.29, 1.82) is 0 Å². The molecular formula is C41H62N3O6+. The summed E-state index contributed by atoms with van der Waals surface area (Å²) in [5, 5.41) is 49.3. The zero-order valence-corrected chi connectivity index (χ0v) is 30.5. The Labute approximate surface area is 299 Å². The topological polar surface area (TPSA) is 139 Å². The molecule has 2 aliphatic heterocycles. The fourth-order valence-electron chi connectivity index (χ4n) is 9.90. The van der Waals surface area contributed by atoms with Gasteiger partial charge in [0.15, 0.2) is 17.6 Å². The third kappa shape index (κ3) is 8.24. The van der Waals surface area contributed by atoms with E-state index < -0.39 is 12.2 Å². The Morgan fingerprint density at radius 2 is 1.98 bits per heavy atom. The molecule has 1 spiro atoms. The van der Waals surface area contributed by atoms with Gasteiger partial charge in [-0.1, -0.05) is 38.7 Å². The molecule has 7 N–H and O–H groups in total. The van der Waals surface area contributed by atoms with Crippen LogP contribution in [0.5, 0.6) is 11.5 Å². The summed E-state index contributed by atoms with van der Waals surface area (Å²) in [6, 6.07) is 5.55. The van der Waals surface area contributed by atoms with E-state index in [9.17, 15) is 20.4 Å². The Morgan fingerprint density at radius 1 is 1.16 bits per heavy atom. The van der Waals surface area contributed by atoms with Gasteiger partial charge in [-0.15, -0.1) is 16.6 Å². The van der Waals surface area contributed by atoms with Gasteiger partial charge in [-0.05, 0) is 93.9 Å². The van der Waals surface area contributed by atoms with Crippen LogP contribution in [0.2, 0.25) is 0 Å². The number of nitrogens with zero attached hydrogens (tertiary/aromatic N) is 1. The Morgan fingerprint density at radius 3 is 2.72 bits per heavy atom. The number of hydrogen-bond donors (Lipinski definition) is 6. The maximum atomic E-state index is 11.5. The fourth-order valence-corrected chi connectivity index (χ4v) is 9.90. The third-order valence-corrected chi connectivity index (χ3v) is 12.3. The Bertz CT molecular complexity index is 1370. The number of aliphatic hydroxyl groups excluding tert-OH is 3. The maximum Gasteiger partial charge on any atom is 0.208 e. The summed E-state index contributed by atoms with van der Waals surface area (Å²) in [5.41, 5.74) is 4.07. The molecule has 1 aromatic rings. The molecule has 9 nitrogen and oxygen atoms in total. The number of rotatable bonds is 17. The molecule has 0 bridgehead atoms. The number of nitrogens with one attached hydrogen (secondary N) is 2. The second-order valence-corrected chi connectivity index (χ2v) is 15.8. The van der Waals surface area contributed by atoms with Gasteiger partial charge in [-0.3, -0.25) is 0 Å². The van der Waals surface area contributed by atoms with Crippen molar-refractivity contribution in [2.24, 2.45) is 28.2 Å². The molecule has 50 heavy (non-hydrogen) atoms. The van der Waals surface area contributed by atoms with Crippen molar-refractivity contribution < 1.29 is 29.9 Å². The number of aromatic hydroxyl groups is 1. The Hall–Kier alpha value is -2.53. The first-order valence-electron chi connectivity index (χ1n) is 19.5. The molecular weight excluding hydrogens is 630 g/mol. The number of aliphatic hydroxyl groups is 5. The average molecular weight is 693 g/mol. The number of fused-ring (bicyclic) bond motifs is 3. The molecule has 6 rings (SSSR count). The van der Waals surface area contributed by atoms with Crippen LogP contribution < -0.4 is 15.4 Å². The van der Waals surface area contributed by atoms with Gasteiger partial charge in [0, 0.05) is 38.6 Å². The summed E-state index contributed by atoms with van der Waals surface area (Å²) in [6.07, 6.45) is 18.3. The van der Waals surface area contributed by atoms with Crippen LogP contribution in [0.1, 0.15) is 96.5 Å². The van der Waals surface area contributed by atoms with Gasteiger partial charge < -0.3 is 40.5 Å². The molecule has 0 aromatic heterocycles. The van der Waals surface area contributed by atoms with Crippen LogP contribution in [0.15, 0.2) is 46.6 Å². The summed E-state index contributed by atoms with van der Waals surface area (Å²) in [5.74, 6) is 3.12. The molecule has 0 saturated heterocycles. The molecule has 1 unspecified atom stereocenters. The number of allylic oxidation sites excluding steroid dienone is 1. The van der Waals surface area contributed by atoms with Gasteiger partial charge in [-0.25, -0.2) is 0 Å². The van der Waals surface area contributed by atoms with Crippen molar-refractivity contribution in [3.8, 4) is 11.5 Å². The number of likely N-dealkylation sites (N-methyl/N-ethyl adjacent to an activating group) is 1. The summed E-state index contributed by atoms with van der Waals surface area (Å²) in [6.45, 7) is 5.36. The quantitative estimate of drug-likeness (QED) is 0.0989. The first-order chi connectivity index (χ1) is 24.2. The first kappa shape index (κ1) is 37.2. The molecule has 0 radical (unpaired) electrons. The smallest absolute Gasteiger partial charge is 0.208 e. The van der Waals surface area contributed by atoms with Crippen molar-refractivity contribution >= 4 is 5.71 Å². The maximum absolute atomic E-state index is 11.5. The van der Waals surface area contributed by atoms with E-state index in [2.05, 4.69) is 23.6 Å². The molecule has 276 valence electrons. The number of phenols is 1. The van der Waals surface area contributed by atoms with Crippen molar-refractivity contribution in [3.05, 3.63) is 59.2 Å². The van der Waals surface area contributed by atoms with E-state index in [0.717, 1.165) is 68.0 Å². The van der Waals surface area contributed by atoms with E-state index in [1.165, 1.54) is 50.9 Å². The summed E-state index contributed by atoms with van der Waals surface area (Å²) < 4.78 is 11.0. The number of hydrogen-bond acceptors (Lipinski definition) is 8. The lowest BCUT2D eigenvalue weighted by Gasteiger charge is -2.39. The lowest BCUT2D eigenvalue weighted by molar-refractivity contribution is -0.0550. The summed E-state index contributed by atoms with van der Waals surface area (Å²) in [7, 11) is 2.00. The van der Waals surface area contributed by atoms with Crippen LogP contribution >= 0.6 is 0 Å². The van der Waals surface area contributed by atoms with Crippen LogP contribution in [-0.4, -0.2) is 88.6 Å². The van der Waals surface area contributed by atoms with Crippen LogP contribution in [0.3, 0.4) is 0 Å². The molecule has 3 saturated carbocycles. The molecule has 2 heterocycles. The van der Waals surface area contributed by atoms with Gasteiger partial charge in [0.2, 0.25) is 5.70 Å². The van der Waals surface area contributed by atoms with Crippen molar-refractivity contribution in [2.75, 3.05) is 33.4 Å². The number of ether oxygens (including phenoxy) is 2. The second kappa shape index (κ2) is 16.9. The van der Waals surface area contributed by atoms with Gasteiger partial charge in [0.1, 0.15) is 30.4 Å². The fraction of sp³-hybridized carbons (Fsp3) is 0.683. The highest BCUT2D eigenvalue weighted by molar-refractivity contribution is 6.03. The van der Waals surface area contributed by atoms with Crippen LogP contribution in [0.4, 0.5) is 0 Å². The van der Waals surface area contributed by atoms with Gasteiger partial charge in [0.05, 0.1) is 18.1 Å². The number of aliphatic imine (C=N–C) groups is 1. The standard InChI is InChI=1S/C41H61N3O6/c1-4-5-11-38-28(24-45)19-29(50-38)14-12-27-13-15-36(47)39(18-27)49-25-37(48)33-20-31-34(44-33)21-41(16-6-7-17-41)32-10-8-9-30(32)40(31)35(23-42-3)43-22-26(2)46/h13,15,18-20,26,30,32,35,37-38,40,42-43,45-46,48,50H,4-12,14,16-17,21-25H2,1-3H3/p+1/t26-,30-,32+,35-,37-,38?,40-/m0/s1. The number of unbranched alkanes of at least 4 members (excludes halogenated alkanes) is 1. The van der Waals surface area contributed by atoms with E-state index in [0.29, 0.717) is 29.8 Å². The van der Waals surface area contributed by atoms with Crippen molar-refractivity contribution in [3.63, 3.8) is 0 Å². The Kier molecular flexibility index (Phi) is 12.6. The molecule has 5 aliphatic rings. The van der Waals surface area contributed by atoms with E-state index >= 15 is 0 Å². The monoisotopic (exact) mass is 692 g/mol. The molecule has 3 aliphatic carbocycles. The average Bonchev–Trinajstić information content (AvgIpc) is 3.92. The lowest BCUT2D eigenvalue weighted by Crippen LogP contribution is -2.50. The zero-order chi connectivity index (χ0) is 35.3. The molecule has 9 heteroatoms. The van der Waals surface area contributed by atoms with E-state index in [4.69, 9.17) is 14.5 Å². The van der Waals surface area contributed by atoms with Crippen LogP contribution in [-0.2, 0) is 6.42 Å². The van der Waals surface area contributed by atoms with E-state index in [1.807, 2.05) is 32.2 Å². The minimum Gasteiger partial charge on any atom is -0.504 e. The van der Waals surface area contributed by atoms with Crippen LogP contribution in [0, 0.1) is 35.2 Å². The number of aryl methyl sites for hydroxylation is 1. The Balaban J connectivity index is 1.15. The first-order valence-corrected chi connectivity index (χ1v) is 19.5. The van der Waals surface area contributed by atoms with Gasteiger partial charge >= 0.3 is 0 Å². The minimum absolute atomic E-state index is 0.0105. The summed E-state index contributed by atoms with van der Waals surface area (Å²) >= 11 is 0. The highest BCUT2D eigenvalue weighted by Gasteiger charge is 2.59. The highest BCUT2D eigenvalue weighted by Crippen LogP contribution is 2.61. The highest BCUT2D eigenvalue weighted by atomic mass is 16.5. The third-order valence-electron chi connectivity index (χ3n) is 12.3. The zero-order valence-electron chi connectivity index (χ0n) is 30.5. The predicted octanol–water partition coefficient (Wildman–Crippen LogP) is 5.08. The number of phenolic OH excluding ortho intramolecular Hbond substituents is 1. The van der Waals surface area contributed by atoms with E-state index in [1.54, 1.807) is 6.07 Å². The summed E-state index contributed by atoms with van der Waals surface area (Å²) in [4.78, 5) is 5.18. The van der Waals surface area contributed by atoms with E-state index in [-0.39, 0.29) is 42.4 Å². The van der Waals surface area contributed by atoms with Gasteiger partial charge in [0.25, 0.3) is 0 Å². The normalized spacial score (nSPS) is 27.4. The van der Waals surface area contributed by atoms with Crippen molar-refractivity contribution in [2.45, 2.75) is 122 Å². The molecule has 0 amide bonds. The molecule has 7 atom stereocenters. The second-order valence-electron chi connectivity index (χ2n) is 15.8. The minimum atomic E-state index is -0.937.